The van der Waals surface area contributed by atoms with Crippen molar-refractivity contribution in [1.29, 1.82) is 0 Å². The van der Waals surface area contributed by atoms with Crippen molar-refractivity contribution in [1.82, 2.24) is 18.7 Å². The van der Waals surface area contributed by atoms with Gasteiger partial charge < -0.3 is 27.5 Å². The number of para-hydroxylation sites is 6. The Morgan fingerprint density at radius 1 is 0.313 bits per heavy atom. The van der Waals surface area contributed by atoms with Gasteiger partial charge in [0.2, 0.25) is 0 Å². The van der Waals surface area contributed by atoms with Gasteiger partial charge in [0.25, 0.3) is 0 Å². The maximum Gasteiger partial charge on any atom is 0.160 e. The van der Waals surface area contributed by atoms with Crippen molar-refractivity contribution >= 4 is 163 Å². The van der Waals surface area contributed by atoms with E-state index in [-0.39, 0.29) is 17.9 Å². The van der Waals surface area contributed by atoms with Crippen LogP contribution in [-0.4, -0.2) is 18.7 Å². The Bertz CT molecular complexity index is 5570. The Kier molecular flexibility index (Phi) is 12.6. The van der Waals surface area contributed by atoms with E-state index >= 15 is 0 Å². The highest BCUT2D eigenvalue weighted by atomic mass is 79.9. The van der Waals surface area contributed by atoms with Crippen LogP contribution in [0.15, 0.2) is 273 Å². The van der Waals surface area contributed by atoms with Crippen molar-refractivity contribution in [3.05, 3.63) is 270 Å². The van der Waals surface area contributed by atoms with Gasteiger partial charge >= 0.3 is 0 Å². The molecule has 0 atom stereocenters. The molecule has 0 aliphatic carbocycles. The van der Waals surface area contributed by atoms with Crippen LogP contribution in [-0.2, 0) is 0 Å². The summed E-state index contributed by atoms with van der Waals surface area (Å²) >= 11 is 7.17. The summed E-state index contributed by atoms with van der Waals surface area (Å²) in [6.07, 6.45) is 0. The molecule has 0 fully saturated rings. The van der Waals surface area contributed by atoms with Crippen molar-refractivity contribution in [3.8, 4) is 17.1 Å². The smallest absolute Gasteiger partial charge is 0.160 e. The molecule has 0 radical (unpaired) electrons. The fourth-order valence-electron chi connectivity index (χ4n) is 12.4. The van der Waals surface area contributed by atoms with Gasteiger partial charge in [-0.05, 0) is 121 Å². The second-order valence-electron chi connectivity index (χ2n) is 20.5. The van der Waals surface area contributed by atoms with E-state index in [4.69, 9.17) is 8.83 Å². The second-order valence-corrected chi connectivity index (χ2v) is 22.3. The number of nitrogens with zero attached hydrogens (tertiary/aromatic N) is 3. The number of furan rings is 2. The van der Waals surface area contributed by atoms with Gasteiger partial charge in [-0.1, -0.05) is 173 Å². The van der Waals surface area contributed by atoms with Gasteiger partial charge in [-0.3, -0.25) is 4.70 Å². The summed E-state index contributed by atoms with van der Waals surface area (Å²) in [7, 11) is 0. The summed E-state index contributed by atoms with van der Waals surface area (Å²) in [5, 5.41) is 14.1. The van der Waals surface area contributed by atoms with E-state index in [2.05, 4.69) is 239 Å². The molecule has 18 rings (SSSR count). The van der Waals surface area contributed by atoms with Gasteiger partial charge in [0.05, 0.1) is 33.1 Å². The average molecular weight is 1210 g/mol. The maximum absolute atomic E-state index is 14.0. The van der Waals surface area contributed by atoms with Gasteiger partial charge in [0.15, 0.2) is 11.2 Å². The van der Waals surface area contributed by atoms with Crippen molar-refractivity contribution in [2.45, 2.75) is 7.43 Å². The minimum atomic E-state index is -0.254. The fourth-order valence-corrected chi connectivity index (χ4v) is 13.2. The van der Waals surface area contributed by atoms with Crippen LogP contribution in [0, 0.1) is 5.82 Å². The zero-order valence-electron chi connectivity index (χ0n) is 43.4. The zero-order chi connectivity index (χ0) is 53.9. The number of hydrogen-bond donors (Lipinski definition) is 1. The minimum Gasteiger partial charge on any atom is -0.454 e. The van der Waals surface area contributed by atoms with Crippen LogP contribution in [0.3, 0.4) is 0 Å². The molecule has 0 saturated heterocycles. The molecule has 0 spiro atoms. The van der Waals surface area contributed by atoms with Crippen molar-refractivity contribution in [2.75, 3.05) is 0 Å². The standard InChI is InChI=1S/C36H21BrN2O.C24H14FNO.C12H8BrN.CH4.FH/c37-22-16-19-33-30(20-22)26-11-2-4-13-31(26)38(33)23-8-7-9-24(21-23)39-32-14-5-1-10-25(32)28-17-18-29-27-12-3-6-15-34(27)40-36(29)35(28)39;25-15-6-5-7-16(14-15)26-21-10-3-1-8-17(21)19-12-13-20-18-9-2-4-11-22(18)27-24(20)23(19)26;13-8-5-6-12-10(7-8)9-3-1-2-4-11(9)14-12;;/h1-21H;1-14H;1-7,14H;1H4;1H. The first-order valence-corrected chi connectivity index (χ1v) is 28.4. The average Bonchev–Trinajstić information content (AvgIpc) is 3.14. The number of benzene rings is 12. The lowest BCUT2D eigenvalue weighted by atomic mass is 10.1. The summed E-state index contributed by atoms with van der Waals surface area (Å²) in [5.41, 5.74) is 15.5. The molecule has 400 valence electrons. The Balaban J connectivity index is 0.000000123. The minimum absolute atomic E-state index is 0. The van der Waals surface area contributed by atoms with Crippen molar-refractivity contribution in [2.24, 2.45) is 0 Å². The zero-order valence-corrected chi connectivity index (χ0v) is 46.6. The van der Waals surface area contributed by atoms with Crippen LogP contribution in [0.5, 0.6) is 0 Å². The summed E-state index contributed by atoms with van der Waals surface area (Å²) in [6.45, 7) is 0. The molecule has 1 N–H and O–H groups in total. The van der Waals surface area contributed by atoms with Crippen LogP contribution >= 0.6 is 31.9 Å². The van der Waals surface area contributed by atoms with E-state index in [0.717, 1.165) is 103 Å². The third-order valence-electron chi connectivity index (χ3n) is 15.9. The molecule has 0 aliphatic heterocycles. The van der Waals surface area contributed by atoms with Crippen LogP contribution in [0.2, 0.25) is 0 Å². The Labute approximate surface area is 490 Å². The number of fused-ring (bicyclic) bond motifs is 20. The first-order valence-electron chi connectivity index (χ1n) is 26.8. The van der Waals surface area contributed by atoms with Crippen molar-refractivity contribution in [3.63, 3.8) is 0 Å². The summed E-state index contributed by atoms with van der Waals surface area (Å²) in [4.78, 5) is 3.38. The number of H-pyrrole nitrogens is 1. The third kappa shape index (κ3) is 8.22. The van der Waals surface area contributed by atoms with E-state index in [0.29, 0.717) is 0 Å². The maximum atomic E-state index is 14.0. The van der Waals surface area contributed by atoms with Crippen LogP contribution < -0.4 is 0 Å². The second kappa shape index (κ2) is 20.4. The summed E-state index contributed by atoms with van der Waals surface area (Å²) in [5.74, 6) is -0.254. The quantitative estimate of drug-likeness (QED) is 0.192. The molecule has 6 nitrogen and oxygen atoms in total. The third-order valence-corrected chi connectivity index (χ3v) is 16.9. The Morgan fingerprint density at radius 3 is 1.30 bits per heavy atom. The van der Waals surface area contributed by atoms with Crippen molar-refractivity contribution < 1.29 is 17.9 Å². The number of nitrogens with one attached hydrogen (secondary N) is 1. The lowest BCUT2D eigenvalue weighted by molar-refractivity contribution is 0.627. The highest BCUT2D eigenvalue weighted by Gasteiger charge is 2.22. The van der Waals surface area contributed by atoms with E-state index < -0.39 is 0 Å². The molecule has 12 aromatic carbocycles. The predicted molar refractivity (Wildman–Crippen MR) is 351 cm³/mol. The molecule has 0 amide bonds. The van der Waals surface area contributed by atoms with E-state index in [1.54, 1.807) is 12.1 Å². The highest BCUT2D eigenvalue weighted by Crippen LogP contribution is 2.43. The van der Waals surface area contributed by atoms with Gasteiger partial charge in [0.1, 0.15) is 17.0 Å². The lowest BCUT2D eigenvalue weighted by Gasteiger charge is -2.13. The van der Waals surface area contributed by atoms with Crippen LogP contribution in [0.25, 0.3) is 148 Å². The summed E-state index contributed by atoms with van der Waals surface area (Å²) in [6, 6.07) is 87.2. The molecule has 83 heavy (non-hydrogen) atoms. The summed E-state index contributed by atoms with van der Waals surface area (Å²) < 4.78 is 35.9. The molecule has 18 aromatic rings. The molecule has 0 unspecified atom stereocenters. The normalized spacial score (nSPS) is 11.6. The van der Waals surface area contributed by atoms with Crippen LogP contribution in [0.1, 0.15) is 7.43 Å². The van der Waals surface area contributed by atoms with E-state index in [9.17, 15) is 4.39 Å². The van der Waals surface area contributed by atoms with E-state index in [1.807, 2.05) is 48.5 Å². The highest BCUT2D eigenvalue weighted by molar-refractivity contribution is 9.10. The number of rotatable bonds is 3. The first kappa shape index (κ1) is 51.4. The monoisotopic (exact) mass is 1210 g/mol. The Morgan fingerprint density at radius 2 is 0.723 bits per heavy atom. The number of halogens is 4. The first-order chi connectivity index (χ1) is 39.9. The number of aromatic amines is 1. The topological polar surface area (TPSA) is 56.9 Å². The van der Waals surface area contributed by atoms with Gasteiger partial charge in [-0.15, -0.1) is 0 Å². The molecule has 10 heteroatoms. The van der Waals surface area contributed by atoms with Gasteiger partial charge in [0, 0.05) is 102 Å². The lowest BCUT2D eigenvalue weighted by Crippen LogP contribution is -1.98. The fraction of sp³-hybridized carbons (Fsp3) is 0.0137. The SMILES string of the molecule is Brc1ccc2[nH]c3ccccc3c2c1.Brc1ccc2c(c1)c1ccccc1n2-c1cccc(-n2c3ccccc3c3ccc4c5ccccc5oc4c32)c1.C.F.Fc1cccc(-n2c3ccccc3c3ccc4c5ccccc5oc4c32)c1. The number of aromatic nitrogens is 4. The predicted octanol–water partition coefficient (Wildman–Crippen LogP) is 22.2. The van der Waals surface area contributed by atoms with Gasteiger partial charge in [-0.25, -0.2) is 4.39 Å². The molecule has 0 aliphatic rings. The Hall–Kier alpha value is -9.74. The molecular weight excluding hydrogens is 1160 g/mol. The van der Waals surface area contributed by atoms with E-state index in [1.165, 1.54) is 60.5 Å². The number of hydrogen-bond acceptors (Lipinski definition) is 2. The largest absolute Gasteiger partial charge is 0.454 e. The molecule has 0 bridgehead atoms. The molecule has 6 aromatic heterocycles. The van der Waals surface area contributed by atoms with Crippen LogP contribution in [0.4, 0.5) is 9.09 Å². The molecule has 6 heterocycles. The molecular formula is C73H48Br2F2N4O2. The van der Waals surface area contributed by atoms with Gasteiger partial charge in [-0.2, -0.15) is 0 Å². The molecule has 0 saturated carbocycles.